The Hall–Kier alpha value is -2.95. The minimum Gasteiger partial charge on any atom is -0.344 e. The van der Waals surface area contributed by atoms with Crippen molar-refractivity contribution in [1.29, 1.82) is 0 Å². The molecule has 2 heterocycles. The minimum atomic E-state index is -0.167. The molecule has 3 rings (SSSR count). The van der Waals surface area contributed by atoms with Gasteiger partial charge in [-0.05, 0) is 43.7 Å². The third-order valence-corrected chi connectivity index (χ3v) is 3.66. The standard InChI is InChI=1S/C18H18N4O/c1-13-4-3-5-17(20-13)18(23)21-14(2)15-6-8-16(9-7-15)22-11-10-19-12-22/h3-12,14H,1-2H3,(H,21,23). The van der Waals surface area contributed by atoms with Gasteiger partial charge in [0.2, 0.25) is 0 Å². The lowest BCUT2D eigenvalue weighted by molar-refractivity contribution is 0.0934. The number of carbonyl (C=O) groups is 1. The van der Waals surface area contributed by atoms with Gasteiger partial charge >= 0.3 is 0 Å². The number of amides is 1. The average molecular weight is 306 g/mol. The highest BCUT2D eigenvalue weighted by atomic mass is 16.1. The number of imidazole rings is 1. The first kappa shape index (κ1) is 15.0. The normalized spacial score (nSPS) is 11.9. The van der Waals surface area contributed by atoms with E-state index in [2.05, 4.69) is 15.3 Å². The van der Waals surface area contributed by atoms with Crippen LogP contribution in [0, 0.1) is 6.92 Å². The summed E-state index contributed by atoms with van der Waals surface area (Å²) >= 11 is 0. The van der Waals surface area contributed by atoms with Crippen LogP contribution in [0.15, 0.2) is 61.2 Å². The zero-order valence-electron chi connectivity index (χ0n) is 13.1. The molecule has 116 valence electrons. The lowest BCUT2D eigenvalue weighted by Gasteiger charge is -2.15. The summed E-state index contributed by atoms with van der Waals surface area (Å²) in [7, 11) is 0. The minimum absolute atomic E-state index is 0.0957. The highest BCUT2D eigenvalue weighted by Gasteiger charge is 2.12. The van der Waals surface area contributed by atoms with Crippen LogP contribution in [0.3, 0.4) is 0 Å². The highest BCUT2D eigenvalue weighted by Crippen LogP contribution is 2.16. The monoisotopic (exact) mass is 306 g/mol. The van der Waals surface area contributed by atoms with Crippen LogP contribution in [-0.4, -0.2) is 20.4 Å². The van der Waals surface area contributed by atoms with Crippen molar-refractivity contribution in [2.24, 2.45) is 0 Å². The van der Waals surface area contributed by atoms with Crippen molar-refractivity contribution in [3.8, 4) is 5.69 Å². The van der Waals surface area contributed by atoms with Crippen molar-refractivity contribution in [1.82, 2.24) is 19.9 Å². The first-order chi connectivity index (χ1) is 11.1. The summed E-state index contributed by atoms with van der Waals surface area (Å²) < 4.78 is 1.93. The molecule has 0 aliphatic carbocycles. The molecule has 0 spiro atoms. The molecule has 1 atom stereocenters. The number of rotatable bonds is 4. The van der Waals surface area contributed by atoms with Crippen molar-refractivity contribution in [3.63, 3.8) is 0 Å². The van der Waals surface area contributed by atoms with Crippen molar-refractivity contribution >= 4 is 5.91 Å². The van der Waals surface area contributed by atoms with E-state index in [9.17, 15) is 4.79 Å². The van der Waals surface area contributed by atoms with Gasteiger partial charge in [0, 0.05) is 23.8 Å². The van der Waals surface area contributed by atoms with E-state index in [0.717, 1.165) is 16.9 Å². The predicted molar refractivity (Wildman–Crippen MR) is 88.4 cm³/mol. The van der Waals surface area contributed by atoms with Gasteiger partial charge in [0.1, 0.15) is 5.69 Å². The summed E-state index contributed by atoms with van der Waals surface area (Å²) in [5.74, 6) is -0.167. The smallest absolute Gasteiger partial charge is 0.270 e. The zero-order chi connectivity index (χ0) is 16.2. The topological polar surface area (TPSA) is 59.8 Å². The lowest BCUT2D eigenvalue weighted by atomic mass is 10.1. The van der Waals surface area contributed by atoms with Gasteiger partial charge in [-0.3, -0.25) is 4.79 Å². The molecule has 1 N–H and O–H groups in total. The number of hydrogen-bond acceptors (Lipinski definition) is 3. The van der Waals surface area contributed by atoms with Gasteiger partial charge in [-0.1, -0.05) is 18.2 Å². The molecule has 5 nitrogen and oxygen atoms in total. The Balaban J connectivity index is 1.70. The van der Waals surface area contributed by atoms with Gasteiger partial charge in [-0.2, -0.15) is 0 Å². The second kappa shape index (κ2) is 6.44. The summed E-state index contributed by atoms with van der Waals surface area (Å²) in [6.07, 6.45) is 5.39. The lowest BCUT2D eigenvalue weighted by Crippen LogP contribution is -2.27. The number of nitrogens with one attached hydrogen (secondary N) is 1. The van der Waals surface area contributed by atoms with Gasteiger partial charge < -0.3 is 9.88 Å². The Morgan fingerprint density at radius 3 is 2.61 bits per heavy atom. The molecule has 0 saturated heterocycles. The van der Waals surface area contributed by atoms with E-state index in [4.69, 9.17) is 0 Å². The SMILES string of the molecule is Cc1cccc(C(=O)NC(C)c2ccc(-n3ccnc3)cc2)n1. The largest absolute Gasteiger partial charge is 0.344 e. The Labute approximate surface area is 135 Å². The van der Waals surface area contributed by atoms with Gasteiger partial charge in [-0.15, -0.1) is 0 Å². The van der Waals surface area contributed by atoms with Crippen molar-refractivity contribution in [2.75, 3.05) is 0 Å². The summed E-state index contributed by atoms with van der Waals surface area (Å²) in [6, 6.07) is 13.3. The molecule has 5 heteroatoms. The molecule has 1 aromatic carbocycles. The van der Waals surface area contributed by atoms with Crippen LogP contribution in [0.4, 0.5) is 0 Å². The maximum atomic E-state index is 12.2. The van der Waals surface area contributed by atoms with E-state index in [1.54, 1.807) is 18.6 Å². The molecule has 2 aromatic heterocycles. The van der Waals surface area contributed by atoms with E-state index in [-0.39, 0.29) is 11.9 Å². The summed E-state index contributed by atoms with van der Waals surface area (Å²) in [6.45, 7) is 3.83. The van der Waals surface area contributed by atoms with E-state index in [1.165, 1.54) is 0 Å². The zero-order valence-corrected chi connectivity index (χ0v) is 13.1. The van der Waals surface area contributed by atoms with Gasteiger partial charge in [-0.25, -0.2) is 9.97 Å². The van der Waals surface area contributed by atoms with Crippen LogP contribution in [0.5, 0.6) is 0 Å². The summed E-state index contributed by atoms with van der Waals surface area (Å²) in [4.78, 5) is 20.5. The maximum Gasteiger partial charge on any atom is 0.270 e. The number of benzene rings is 1. The molecule has 0 aliphatic heterocycles. The van der Waals surface area contributed by atoms with E-state index < -0.39 is 0 Å². The molecule has 1 amide bonds. The van der Waals surface area contributed by atoms with E-state index >= 15 is 0 Å². The number of pyridine rings is 1. The van der Waals surface area contributed by atoms with Crippen LogP contribution in [0.25, 0.3) is 5.69 Å². The average Bonchev–Trinajstić information content (AvgIpc) is 3.09. The number of carbonyl (C=O) groups excluding carboxylic acids is 1. The number of hydrogen-bond donors (Lipinski definition) is 1. The third-order valence-electron chi connectivity index (χ3n) is 3.66. The molecule has 0 fully saturated rings. The Morgan fingerprint density at radius 2 is 1.96 bits per heavy atom. The third kappa shape index (κ3) is 3.45. The molecule has 0 saturated carbocycles. The fourth-order valence-electron chi connectivity index (χ4n) is 2.37. The van der Waals surface area contributed by atoms with Crippen molar-refractivity contribution < 1.29 is 4.79 Å². The predicted octanol–water partition coefficient (Wildman–Crippen LogP) is 3.07. The molecule has 1 unspecified atom stereocenters. The van der Waals surface area contributed by atoms with E-state index in [1.807, 2.05) is 61.0 Å². The van der Waals surface area contributed by atoms with Crippen LogP contribution in [0.1, 0.15) is 34.7 Å². The first-order valence-electron chi connectivity index (χ1n) is 7.46. The van der Waals surface area contributed by atoms with Crippen LogP contribution in [0.2, 0.25) is 0 Å². The van der Waals surface area contributed by atoms with Crippen LogP contribution < -0.4 is 5.32 Å². The number of aryl methyl sites for hydroxylation is 1. The number of aromatic nitrogens is 3. The molecule has 0 aliphatic rings. The molecular formula is C18H18N4O. The van der Waals surface area contributed by atoms with Crippen molar-refractivity contribution in [3.05, 3.63) is 78.1 Å². The van der Waals surface area contributed by atoms with E-state index in [0.29, 0.717) is 5.69 Å². The Bertz CT molecular complexity index is 794. The Morgan fingerprint density at radius 1 is 1.17 bits per heavy atom. The highest BCUT2D eigenvalue weighted by molar-refractivity contribution is 5.92. The Kier molecular flexibility index (Phi) is 4.19. The number of nitrogens with zero attached hydrogens (tertiary/aromatic N) is 3. The van der Waals surface area contributed by atoms with Crippen LogP contribution >= 0.6 is 0 Å². The molecule has 0 radical (unpaired) electrons. The first-order valence-corrected chi connectivity index (χ1v) is 7.46. The molecule has 23 heavy (non-hydrogen) atoms. The van der Waals surface area contributed by atoms with Crippen LogP contribution in [-0.2, 0) is 0 Å². The quantitative estimate of drug-likeness (QED) is 0.806. The van der Waals surface area contributed by atoms with Crippen molar-refractivity contribution in [2.45, 2.75) is 19.9 Å². The second-order valence-corrected chi connectivity index (χ2v) is 5.42. The fourth-order valence-corrected chi connectivity index (χ4v) is 2.37. The van der Waals surface area contributed by atoms with Gasteiger partial charge in [0.05, 0.1) is 12.4 Å². The molecular weight excluding hydrogens is 288 g/mol. The molecule has 0 bridgehead atoms. The fraction of sp³-hybridized carbons (Fsp3) is 0.167. The van der Waals surface area contributed by atoms with Gasteiger partial charge in [0.15, 0.2) is 0 Å². The summed E-state index contributed by atoms with van der Waals surface area (Å²) in [5, 5.41) is 2.97. The molecule has 3 aromatic rings. The second-order valence-electron chi connectivity index (χ2n) is 5.42. The summed E-state index contributed by atoms with van der Waals surface area (Å²) in [5.41, 5.74) is 3.34. The maximum absolute atomic E-state index is 12.2. The van der Waals surface area contributed by atoms with Gasteiger partial charge in [0.25, 0.3) is 5.91 Å².